The lowest BCUT2D eigenvalue weighted by Crippen LogP contribution is -1.97. The number of aromatic nitrogens is 3. The molecular formula is C12H13N5. The van der Waals surface area contributed by atoms with Crippen molar-refractivity contribution >= 4 is 5.82 Å². The Labute approximate surface area is 99.7 Å². The average molecular weight is 227 g/mol. The van der Waals surface area contributed by atoms with Crippen molar-refractivity contribution in [3.8, 4) is 17.3 Å². The van der Waals surface area contributed by atoms with Crippen molar-refractivity contribution in [1.82, 2.24) is 14.8 Å². The number of nitriles is 1. The number of hydrogen-bond acceptors (Lipinski definition) is 4. The molecule has 1 N–H and O–H groups in total. The van der Waals surface area contributed by atoms with E-state index in [-0.39, 0.29) is 0 Å². The van der Waals surface area contributed by atoms with Gasteiger partial charge in [0.1, 0.15) is 11.9 Å². The smallest absolute Gasteiger partial charge is 0.144 e. The van der Waals surface area contributed by atoms with Crippen molar-refractivity contribution in [2.75, 3.05) is 12.4 Å². The zero-order valence-electron chi connectivity index (χ0n) is 9.81. The summed E-state index contributed by atoms with van der Waals surface area (Å²) in [4.78, 5) is 4.39. The van der Waals surface area contributed by atoms with Crippen molar-refractivity contribution in [2.24, 2.45) is 0 Å². The van der Waals surface area contributed by atoms with E-state index in [0.29, 0.717) is 11.4 Å². The molecule has 2 heterocycles. The molecule has 2 rings (SSSR count). The lowest BCUT2D eigenvalue weighted by atomic mass is 10.2. The first kappa shape index (κ1) is 11.1. The van der Waals surface area contributed by atoms with E-state index in [1.165, 1.54) is 0 Å². The van der Waals surface area contributed by atoms with Crippen LogP contribution in [0.3, 0.4) is 0 Å². The van der Waals surface area contributed by atoms with Gasteiger partial charge in [0.25, 0.3) is 0 Å². The molecule has 2 aromatic rings. The van der Waals surface area contributed by atoms with E-state index in [0.717, 1.165) is 17.8 Å². The highest BCUT2D eigenvalue weighted by Crippen LogP contribution is 2.20. The van der Waals surface area contributed by atoms with Gasteiger partial charge in [-0.05, 0) is 19.1 Å². The van der Waals surface area contributed by atoms with Crippen molar-refractivity contribution in [3.05, 3.63) is 30.1 Å². The number of nitrogens with zero attached hydrogens (tertiary/aromatic N) is 4. The molecular weight excluding hydrogens is 214 g/mol. The van der Waals surface area contributed by atoms with Crippen molar-refractivity contribution in [1.29, 1.82) is 5.26 Å². The number of hydrogen-bond donors (Lipinski definition) is 1. The molecule has 0 radical (unpaired) electrons. The molecule has 0 aromatic carbocycles. The molecule has 0 aliphatic heterocycles. The third-order valence-corrected chi connectivity index (χ3v) is 2.51. The molecule has 2 aromatic heterocycles. The number of aryl methyl sites for hydroxylation is 1. The Morgan fingerprint density at radius 2 is 2.29 bits per heavy atom. The molecule has 17 heavy (non-hydrogen) atoms. The minimum absolute atomic E-state index is 0.541. The fourth-order valence-corrected chi connectivity index (χ4v) is 1.57. The van der Waals surface area contributed by atoms with Gasteiger partial charge in [-0.15, -0.1) is 0 Å². The van der Waals surface area contributed by atoms with E-state index >= 15 is 0 Å². The van der Waals surface area contributed by atoms with Gasteiger partial charge in [-0.1, -0.05) is 0 Å². The summed E-state index contributed by atoms with van der Waals surface area (Å²) in [7, 11) is 1.75. The summed E-state index contributed by atoms with van der Waals surface area (Å²) in [6.45, 7) is 2.86. The Hall–Kier alpha value is -2.35. The first-order valence-electron chi connectivity index (χ1n) is 5.40. The highest BCUT2D eigenvalue weighted by molar-refractivity contribution is 5.63. The normalized spacial score (nSPS) is 9.94. The maximum absolute atomic E-state index is 8.91. The number of pyridine rings is 1. The predicted octanol–water partition coefficient (Wildman–Crippen LogP) is 1.88. The molecule has 0 aliphatic carbocycles. The fraction of sp³-hybridized carbons (Fsp3) is 0.250. The highest BCUT2D eigenvalue weighted by Gasteiger charge is 2.07. The largest absolute Gasteiger partial charge is 0.372 e. The van der Waals surface area contributed by atoms with Gasteiger partial charge in [0.05, 0.1) is 17.5 Å². The first-order chi connectivity index (χ1) is 8.28. The van der Waals surface area contributed by atoms with E-state index in [1.54, 1.807) is 19.3 Å². The summed E-state index contributed by atoms with van der Waals surface area (Å²) >= 11 is 0. The third kappa shape index (κ3) is 2.11. The van der Waals surface area contributed by atoms with Crippen LogP contribution in [0.2, 0.25) is 0 Å². The first-order valence-corrected chi connectivity index (χ1v) is 5.40. The molecule has 0 saturated carbocycles. The van der Waals surface area contributed by atoms with Gasteiger partial charge < -0.3 is 5.32 Å². The van der Waals surface area contributed by atoms with Gasteiger partial charge in [0, 0.05) is 25.4 Å². The van der Waals surface area contributed by atoms with E-state index in [9.17, 15) is 0 Å². The van der Waals surface area contributed by atoms with Crippen LogP contribution in [0.25, 0.3) is 11.3 Å². The van der Waals surface area contributed by atoms with Crippen LogP contribution >= 0.6 is 0 Å². The van der Waals surface area contributed by atoms with Gasteiger partial charge in [0.2, 0.25) is 0 Å². The summed E-state index contributed by atoms with van der Waals surface area (Å²) < 4.78 is 1.84. The van der Waals surface area contributed by atoms with Gasteiger partial charge >= 0.3 is 0 Å². The van der Waals surface area contributed by atoms with Gasteiger partial charge in [-0.2, -0.15) is 10.4 Å². The Bertz CT molecular complexity index is 565. The topological polar surface area (TPSA) is 66.5 Å². The molecule has 0 unspecified atom stereocenters. The highest BCUT2D eigenvalue weighted by atomic mass is 15.3. The van der Waals surface area contributed by atoms with Crippen LogP contribution in [0.15, 0.2) is 24.5 Å². The van der Waals surface area contributed by atoms with E-state index in [4.69, 9.17) is 5.26 Å². The zero-order valence-corrected chi connectivity index (χ0v) is 9.81. The molecule has 0 atom stereocenters. The number of anilines is 1. The van der Waals surface area contributed by atoms with Crippen LogP contribution in [-0.2, 0) is 6.54 Å². The van der Waals surface area contributed by atoms with E-state index < -0.39 is 0 Å². The Morgan fingerprint density at radius 1 is 1.47 bits per heavy atom. The Kier molecular flexibility index (Phi) is 3.06. The van der Waals surface area contributed by atoms with E-state index in [1.807, 2.05) is 23.9 Å². The standard InChI is InChI=1S/C12H13N5/c1-3-17-8-10(7-15-17)11-5-4-9(6-13)12(14-2)16-11/h4-5,7-8H,3H2,1-2H3,(H,14,16). The summed E-state index contributed by atoms with van der Waals surface area (Å²) in [6.07, 6.45) is 3.71. The molecule has 0 spiro atoms. The second-order valence-corrected chi connectivity index (χ2v) is 3.54. The average Bonchev–Trinajstić information content (AvgIpc) is 2.86. The minimum Gasteiger partial charge on any atom is -0.372 e. The van der Waals surface area contributed by atoms with Gasteiger partial charge in [0.15, 0.2) is 0 Å². The van der Waals surface area contributed by atoms with E-state index in [2.05, 4.69) is 21.5 Å². The second kappa shape index (κ2) is 4.66. The van der Waals surface area contributed by atoms with Crippen LogP contribution in [0.5, 0.6) is 0 Å². The monoisotopic (exact) mass is 227 g/mol. The SMILES string of the molecule is CCn1cc(-c2ccc(C#N)c(NC)n2)cn1. The molecule has 5 nitrogen and oxygen atoms in total. The number of rotatable bonds is 3. The van der Waals surface area contributed by atoms with Crippen LogP contribution in [0.4, 0.5) is 5.82 Å². The van der Waals surface area contributed by atoms with Crippen molar-refractivity contribution in [3.63, 3.8) is 0 Å². The molecule has 0 saturated heterocycles. The molecule has 0 bridgehead atoms. The molecule has 0 fully saturated rings. The van der Waals surface area contributed by atoms with Crippen LogP contribution in [0.1, 0.15) is 12.5 Å². The fourth-order valence-electron chi connectivity index (χ4n) is 1.57. The Balaban J connectivity index is 2.43. The van der Waals surface area contributed by atoms with Crippen molar-refractivity contribution in [2.45, 2.75) is 13.5 Å². The summed E-state index contributed by atoms with van der Waals surface area (Å²) in [5, 5.41) is 16.0. The van der Waals surface area contributed by atoms with Crippen LogP contribution in [-0.4, -0.2) is 21.8 Å². The lowest BCUT2D eigenvalue weighted by Gasteiger charge is -2.03. The summed E-state index contributed by atoms with van der Waals surface area (Å²) in [5.74, 6) is 0.592. The molecule has 86 valence electrons. The van der Waals surface area contributed by atoms with Crippen LogP contribution in [0, 0.1) is 11.3 Å². The Morgan fingerprint density at radius 3 is 2.88 bits per heavy atom. The zero-order chi connectivity index (χ0) is 12.3. The maximum atomic E-state index is 8.91. The maximum Gasteiger partial charge on any atom is 0.144 e. The van der Waals surface area contributed by atoms with Crippen LogP contribution < -0.4 is 5.32 Å². The summed E-state index contributed by atoms with van der Waals surface area (Å²) in [6, 6.07) is 5.69. The quantitative estimate of drug-likeness (QED) is 0.869. The van der Waals surface area contributed by atoms with Gasteiger partial charge in [-0.3, -0.25) is 4.68 Å². The predicted molar refractivity (Wildman–Crippen MR) is 65.4 cm³/mol. The lowest BCUT2D eigenvalue weighted by molar-refractivity contribution is 0.660. The molecule has 0 amide bonds. The number of nitrogens with one attached hydrogen (secondary N) is 1. The summed E-state index contributed by atoms with van der Waals surface area (Å²) in [5.41, 5.74) is 2.31. The second-order valence-electron chi connectivity index (χ2n) is 3.54. The molecule has 0 aliphatic rings. The third-order valence-electron chi connectivity index (χ3n) is 2.51. The van der Waals surface area contributed by atoms with Gasteiger partial charge in [-0.25, -0.2) is 4.98 Å². The van der Waals surface area contributed by atoms with Crippen molar-refractivity contribution < 1.29 is 0 Å². The molecule has 5 heteroatoms. The minimum atomic E-state index is 0.541.